The molecule has 0 aliphatic heterocycles. The van der Waals surface area contributed by atoms with Gasteiger partial charge < -0.3 is 0 Å². The smallest absolute Gasteiger partial charge is 0.276 e. The number of anilines is 1. The quantitative estimate of drug-likeness (QED) is 0.211. The Balaban J connectivity index is 1.97. The van der Waals surface area contributed by atoms with Crippen molar-refractivity contribution < 1.29 is 13.2 Å². The van der Waals surface area contributed by atoms with E-state index >= 15 is 0 Å². The SMILES string of the molecule is Cc1ccc(N=NC(=NNc2ccc(C)cc2)c2ncc(C(F)(F)F)cc2Cl)cc1. The zero-order valence-electron chi connectivity index (χ0n) is 16.1. The van der Waals surface area contributed by atoms with Gasteiger partial charge in [0.2, 0.25) is 5.84 Å². The molecule has 3 rings (SSSR count). The van der Waals surface area contributed by atoms with Crippen molar-refractivity contribution in [2.24, 2.45) is 15.3 Å². The maximum Gasteiger partial charge on any atom is 0.417 e. The second-order valence-corrected chi connectivity index (χ2v) is 6.91. The van der Waals surface area contributed by atoms with Crippen molar-refractivity contribution in [3.63, 3.8) is 0 Å². The van der Waals surface area contributed by atoms with Gasteiger partial charge in [-0.1, -0.05) is 47.0 Å². The summed E-state index contributed by atoms with van der Waals surface area (Å²) in [5, 5.41) is 12.1. The first-order valence-corrected chi connectivity index (χ1v) is 9.22. The van der Waals surface area contributed by atoms with Crippen LogP contribution in [0.25, 0.3) is 0 Å². The van der Waals surface area contributed by atoms with Gasteiger partial charge in [0.05, 0.1) is 22.0 Å². The molecule has 0 spiro atoms. The molecule has 0 aliphatic carbocycles. The number of aromatic nitrogens is 1. The lowest BCUT2D eigenvalue weighted by molar-refractivity contribution is -0.137. The van der Waals surface area contributed by atoms with E-state index in [1.807, 2.05) is 38.1 Å². The minimum Gasteiger partial charge on any atom is -0.276 e. The Morgan fingerprint density at radius 1 is 0.967 bits per heavy atom. The Kier molecular flexibility index (Phi) is 6.47. The van der Waals surface area contributed by atoms with Crippen LogP contribution in [-0.4, -0.2) is 10.8 Å². The van der Waals surface area contributed by atoms with Gasteiger partial charge in [0.25, 0.3) is 0 Å². The maximum atomic E-state index is 12.9. The maximum absolute atomic E-state index is 12.9. The van der Waals surface area contributed by atoms with Crippen LogP contribution in [0.4, 0.5) is 24.5 Å². The zero-order chi connectivity index (χ0) is 21.7. The standard InChI is InChI=1S/C21H17ClF3N5/c1-13-3-7-16(8-4-13)27-29-20(30-28-17-9-5-14(2)6-10-17)19-18(22)11-15(12-26-19)21(23,24)25/h3-12,27H,1-2H3. The van der Waals surface area contributed by atoms with Gasteiger partial charge in [-0.2, -0.15) is 18.3 Å². The normalized spacial score (nSPS) is 12.4. The van der Waals surface area contributed by atoms with Crippen LogP contribution in [0.1, 0.15) is 22.4 Å². The van der Waals surface area contributed by atoms with Crippen molar-refractivity contribution in [2.75, 3.05) is 5.43 Å². The highest BCUT2D eigenvalue weighted by Crippen LogP contribution is 2.31. The molecular formula is C21H17ClF3N5. The molecule has 2 aromatic carbocycles. The summed E-state index contributed by atoms with van der Waals surface area (Å²) in [7, 11) is 0. The number of azo groups is 1. The van der Waals surface area contributed by atoms with Gasteiger partial charge in [0.1, 0.15) is 5.69 Å². The van der Waals surface area contributed by atoms with Crippen LogP contribution in [0.15, 0.2) is 76.1 Å². The van der Waals surface area contributed by atoms with Gasteiger partial charge >= 0.3 is 6.18 Å². The number of hydrogen-bond donors (Lipinski definition) is 1. The molecule has 0 bridgehead atoms. The molecule has 0 saturated carbocycles. The molecule has 30 heavy (non-hydrogen) atoms. The Morgan fingerprint density at radius 3 is 2.13 bits per heavy atom. The van der Waals surface area contributed by atoms with Gasteiger partial charge in [-0.3, -0.25) is 10.4 Å². The Labute approximate surface area is 176 Å². The number of aryl methyl sites for hydroxylation is 2. The Bertz CT molecular complexity index is 1080. The minimum atomic E-state index is -4.56. The van der Waals surface area contributed by atoms with E-state index < -0.39 is 11.7 Å². The summed E-state index contributed by atoms with van der Waals surface area (Å²) in [5.74, 6) is -0.0603. The third-order valence-corrected chi connectivity index (χ3v) is 4.31. The van der Waals surface area contributed by atoms with Crippen LogP contribution in [0, 0.1) is 13.8 Å². The predicted molar refractivity (Wildman–Crippen MR) is 111 cm³/mol. The van der Waals surface area contributed by atoms with Crippen molar-refractivity contribution >= 4 is 28.8 Å². The average Bonchev–Trinajstić information content (AvgIpc) is 2.70. The molecule has 1 aromatic heterocycles. The van der Waals surface area contributed by atoms with Crippen molar-refractivity contribution in [1.29, 1.82) is 0 Å². The molecule has 0 atom stereocenters. The molecule has 0 unspecified atom stereocenters. The van der Waals surface area contributed by atoms with E-state index in [9.17, 15) is 13.2 Å². The Hall–Kier alpha value is -3.26. The molecule has 1 heterocycles. The monoisotopic (exact) mass is 431 g/mol. The summed E-state index contributed by atoms with van der Waals surface area (Å²) in [6, 6.07) is 15.4. The minimum absolute atomic E-state index is 0.0276. The molecule has 1 N–H and O–H groups in total. The van der Waals surface area contributed by atoms with E-state index in [-0.39, 0.29) is 16.6 Å². The fourth-order valence-corrected chi connectivity index (χ4v) is 2.59. The summed E-state index contributed by atoms with van der Waals surface area (Å²) < 4.78 is 38.8. The highest BCUT2D eigenvalue weighted by molar-refractivity contribution is 6.33. The van der Waals surface area contributed by atoms with Crippen LogP contribution in [0.2, 0.25) is 5.02 Å². The van der Waals surface area contributed by atoms with E-state index in [2.05, 4.69) is 25.7 Å². The van der Waals surface area contributed by atoms with Gasteiger partial charge in [0, 0.05) is 6.20 Å². The highest BCUT2D eigenvalue weighted by Gasteiger charge is 2.32. The van der Waals surface area contributed by atoms with Crippen LogP contribution in [0.5, 0.6) is 0 Å². The number of rotatable bonds is 4. The zero-order valence-corrected chi connectivity index (χ0v) is 16.8. The van der Waals surface area contributed by atoms with Crippen molar-refractivity contribution in [3.05, 3.63) is 88.2 Å². The van der Waals surface area contributed by atoms with Gasteiger partial charge in [-0.25, -0.2) is 0 Å². The molecule has 0 saturated heterocycles. The number of benzene rings is 2. The molecular weight excluding hydrogens is 415 g/mol. The van der Waals surface area contributed by atoms with Crippen molar-refractivity contribution in [3.8, 4) is 0 Å². The first-order chi connectivity index (χ1) is 14.2. The lowest BCUT2D eigenvalue weighted by Gasteiger charge is -2.09. The molecule has 3 aromatic rings. The fourth-order valence-electron chi connectivity index (χ4n) is 2.34. The number of amidine groups is 1. The molecule has 154 valence electrons. The van der Waals surface area contributed by atoms with E-state index in [0.29, 0.717) is 17.6 Å². The van der Waals surface area contributed by atoms with Gasteiger partial charge in [-0.15, -0.1) is 10.2 Å². The number of nitrogens with zero attached hydrogens (tertiary/aromatic N) is 4. The van der Waals surface area contributed by atoms with Gasteiger partial charge in [0.15, 0.2) is 0 Å². The van der Waals surface area contributed by atoms with E-state index in [1.54, 1.807) is 24.3 Å². The van der Waals surface area contributed by atoms with Crippen LogP contribution >= 0.6 is 11.6 Å². The summed E-state index contributed by atoms with van der Waals surface area (Å²) in [6.45, 7) is 3.88. The predicted octanol–water partition coefficient (Wildman–Crippen LogP) is 6.93. The van der Waals surface area contributed by atoms with Crippen LogP contribution in [0.3, 0.4) is 0 Å². The summed E-state index contributed by atoms with van der Waals surface area (Å²) in [6.07, 6.45) is -3.87. The number of nitrogens with one attached hydrogen (secondary N) is 1. The molecule has 0 fully saturated rings. The number of halogens is 4. The van der Waals surface area contributed by atoms with E-state index in [4.69, 9.17) is 11.6 Å². The average molecular weight is 432 g/mol. The fraction of sp³-hybridized carbons (Fsp3) is 0.143. The largest absolute Gasteiger partial charge is 0.417 e. The second-order valence-electron chi connectivity index (χ2n) is 6.50. The van der Waals surface area contributed by atoms with Crippen LogP contribution in [-0.2, 0) is 6.18 Å². The number of pyridine rings is 1. The number of hydrogen-bond acceptors (Lipinski definition) is 4. The van der Waals surface area contributed by atoms with E-state index in [1.165, 1.54) is 0 Å². The topological polar surface area (TPSA) is 62.0 Å². The summed E-state index contributed by atoms with van der Waals surface area (Å²) in [5.41, 5.74) is 5.14. The van der Waals surface area contributed by atoms with E-state index in [0.717, 1.165) is 17.2 Å². The Morgan fingerprint density at radius 2 is 1.57 bits per heavy atom. The molecule has 0 amide bonds. The van der Waals surface area contributed by atoms with Crippen molar-refractivity contribution in [1.82, 2.24) is 4.98 Å². The molecule has 5 nitrogen and oxygen atoms in total. The first-order valence-electron chi connectivity index (χ1n) is 8.84. The summed E-state index contributed by atoms with van der Waals surface area (Å²) in [4.78, 5) is 3.82. The number of hydrazone groups is 1. The molecule has 0 radical (unpaired) electrons. The second kappa shape index (κ2) is 9.04. The third kappa shape index (κ3) is 5.64. The third-order valence-electron chi connectivity index (χ3n) is 4.02. The van der Waals surface area contributed by atoms with Crippen molar-refractivity contribution in [2.45, 2.75) is 20.0 Å². The summed E-state index contributed by atoms with van der Waals surface area (Å²) >= 11 is 6.06. The lowest BCUT2D eigenvalue weighted by Crippen LogP contribution is -2.10. The first kappa shape index (κ1) is 21.4. The highest BCUT2D eigenvalue weighted by atomic mass is 35.5. The van der Waals surface area contributed by atoms with Crippen LogP contribution < -0.4 is 5.43 Å². The molecule has 9 heteroatoms. The lowest BCUT2D eigenvalue weighted by atomic mass is 10.2. The van der Waals surface area contributed by atoms with Gasteiger partial charge in [-0.05, 0) is 44.2 Å². The molecule has 0 aliphatic rings. The number of alkyl halides is 3.